The molecule has 1 fully saturated rings. The molecule has 0 aliphatic heterocycles. The Morgan fingerprint density at radius 3 is 2.36 bits per heavy atom. The molecule has 0 aromatic rings. The van der Waals surface area contributed by atoms with E-state index in [0.717, 1.165) is 12.8 Å². The third-order valence-corrected chi connectivity index (χ3v) is 2.78. The largest absolute Gasteiger partial charge is 0.391 e. The summed E-state index contributed by atoms with van der Waals surface area (Å²) in [6, 6.07) is 0.961. The molecule has 0 saturated heterocycles. The van der Waals surface area contributed by atoms with E-state index in [-0.39, 0.29) is 6.10 Å². The molecule has 1 rings (SSSR count). The Labute approximate surface area is 69.2 Å². The van der Waals surface area contributed by atoms with Crippen molar-refractivity contribution in [2.24, 2.45) is 0 Å². The zero-order valence-electron chi connectivity index (χ0n) is 7.75. The number of aliphatic hydroxyl groups is 1. The smallest absolute Gasteiger partial charge is 0.0695 e. The lowest BCUT2D eigenvalue weighted by molar-refractivity contribution is 0.0700. The summed E-state index contributed by atoms with van der Waals surface area (Å²) in [5, 5.41) is 9.57. The highest BCUT2D eigenvalue weighted by atomic mass is 16.3. The van der Waals surface area contributed by atoms with Crippen LogP contribution in [-0.4, -0.2) is 35.2 Å². The van der Waals surface area contributed by atoms with E-state index in [4.69, 9.17) is 0 Å². The van der Waals surface area contributed by atoms with Crippen LogP contribution in [0.15, 0.2) is 0 Å². The van der Waals surface area contributed by atoms with Crippen molar-refractivity contribution in [2.75, 3.05) is 7.05 Å². The third-order valence-electron chi connectivity index (χ3n) is 2.78. The van der Waals surface area contributed by atoms with Crippen molar-refractivity contribution in [3.8, 4) is 0 Å². The summed E-state index contributed by atoms with van der Waals surface area (Å²) >= 11 is 0. The Morgan fingerprint density at radius 2 is 2.00 bits per heavy atom. The van der Waals surface area contributed by atoms with Crippen LogP contribution in [0.5, 0.6) is 0 Å². The van der Waals surface area contributed by atoms with E-state index >= 15 is 0 Å². The molecule has 2 atom stereocenters. The second-order valence-corrected chi connectivity index (χ2v) is 3.82. The predicted molar refractivity (Wildman–Crippen MR) is 46.5 cm³/mol. The minimum Gasteiger partial charge on any atom is -0.391 e. The molecule has 0 spiro atoms. The van der Waals surface area contributed by atoms with Crippen molar-refractivity contribution in [2.45, 2.75) is 51.3 Å². The lowest BCUT2D eigenvalue weighted by atomic mass is 10.1. The van der Waals surface area contributed by atoms with Crippen LogP contribution in [0.2, 0.25) is 0 Å². The fourth-order valence-corrected chi connectivity index (χ4v) is 1.78. The molecule has 0 aromatic carbocycles. The van der Waals surface area contributed by atoms with Gasteiger partial charge in [-0.25, -0.2) is 0 Å². The Hall–Kier alpha value is -0.0800. The second-order valence-electron chi connectivity index (χ2n) is 3.82. The Morgan fingerprint density at radius 1 is 1.36 bits per heavy atom. The van der Waals surface area contributed by atoms with Crippen molar-refractivity contribution < 1.29 is 5.11 Å². The average molecular weight is 157 g/mol. The maximum atomic E-state index is 9.57. The first-order chi connectivity index (χ1) is 5.13. The van der Waals surface area contributed by atoms with Crippen LogP contribution in [-0.2, 0) is 0 Å². The molecule has 1 aliphatic carbocycles. The molecule has 11 heavy (non-hydrogen) atoms. The van der Waals surface area contributed by atoms with Crippen LogP contribution in [0.3, 0.4) is 0 Å². The van der Waals surface area contributed by atoms with E-state index in [1.54, 1.807) is 0 Å². The molecule has 0 unspecified atom stereocenters. The molecule has 0 radical (unpaired) electrons. The van der Waals surface area contributed by atoms with Crippen molar-refractivity contribution in [3.05, 3.63) is 0 Å². The third kappa shape index (κ3) is 1.94. The van der Waals surface area contributed by atoms with Crippen LogP contribution in [0.25, 0.3) is 0 Å². The van der Waals surface area contributed by atoms with Crippen molar-refractivity contribution in [1.29, 1.82) is 0 Å². The summed E-state index contributed by atoms with van der Waals surface area (Å²) in [6.07, 6.45) is 3.25. The Balaban J connectivity index is 2.45. The molecule has 66 valence electrons. The first-order valence-electron chi connectivity index (χ1n) is 4.53. The quantitative estimate of drug-likeness (QED) is 0.652. The number of hydrogen-bond donors (Lipinski definition) is 1. The second kappa shape index (κ2) is 3.55. The van der Waals surface area contributed by atoms with E-state index in [9.17, 15) is 5.11 Å². The van der Waals surface area contributed by atoms with Gasteiger partial charge in [-0.3, -0.25) is 4.90 Å². The fraction of sp³-hybridized carbons (Fsp3) is 1.00. The van der Waals surface area contributed by atoms with Gasteiger partial charge in [-0.2, -0.15) is 0 Å². The highest BCUT2D eigenvalue weighted by Crippen LogP contribution is 2.24. The Bertz CT molecular complexity index is 125. The maximum absolute atomic E-state index is 9.57. The predicted octanol–water partition coefficient (Wildman–Crippen LogP) is 1.24. The molecule has 1 N–H and O–H groups in total. The molecule has 1 saturated carbocycles. The number of aliphatic hydroxyl groups excluding tert-OH is 1. The van der Waals surface area contributed by atoms with Gasteiger partial charge in [0.25, 0.3) is 0 Å². The topological polar surface area (TPSA) is 23.5 Å². The summed E-state index contributed by atoms with van der Waals surface area (Å²) < 4.78 is 0. The zero-order valence-corrected chi connectivity index (χ0v) is 7.75. The lowest BCUT2D eigenvalue weighted by Gasteiger charge is -2.30. The van der Waals surface area contributed by atoms with Gasteiger partial charge < -0.3 is 5.11 Å². The maximum Gasteiger partial charge on any atom is 0.0695 e. The van der Waals surface area contributed by atoms with Gasteiger partial charge in [0.05, 0.1) is 6.10 Å². The van der Waals surface area contributed by atoms with E-state index < -0.39 is 0 Å². The van der Waals surface area contributed by atoms with Crippen LogP contribution in [0.1, 0.15) is 33.1 Å². The van der Waals surface area contributed by atoms with Gasteiger partial charge in [0.1, 0.15) is 0 Å². The summed E-state index contributed by atoms with van der Waals surface area (Å²) in [6.45, 7) is 4.34. The minimum atomic E-state index is -0.0811. The fourth-order valence-electron chi connectivity index (χ4n) is 1.78. The minimum absolute atomic E-state index is 0.0811. The molecule has 1 aliphatic rings. The van der Waals surface area contributed by atoms with Gasteiger partial charge in [-0.15, -0.1) is 0 Å². The van der Waals surface area contributed by atoms with E-state index in [1.165, 1.54) is 6.42 Å². The zero-order chi connectivity index (χ0) is 8.43. The van der Waals surface area contributed by atoms with Crippen molar-refractivity contribution in [1.82, 2.24) is 4.90 Å². The highest BCUT2D eigenvalue weighted by Gasteiger charge is 2.29. The first-order valence-corrected chi connectivity index (χ1v) is 4.53. The van der Waals surface area contributed by atoms with Gasteiger partial charge in [0, 0.05) is 12.1 Å². The number of rotatable bonds is 2. The normalized spacial score (nSPS) is 32.2. The van der Waals surface area contributed by atoms with Crippen LogP contribution in [0, 0.1) is 0 Å². The van der Waals surface area contributed by atoms with Crippen molar-refractivity contribution in [3.63, 3.8) is 0 Å². The molecule has 2 heteroatoms. The number of likely N-dealkylation sites (N-methyl/N-ethyl adjacent to an activating group) is 1. The molecular formula is C9H19NO. The summed E-state index contributed by atoms with van der Waals surface area (Å²) in [5.41, 5.74) is 0. The van der Waals surface area contributed by atoms with E-state index in [1.807, 2.05) is 0 Å². The summed E-state index contributed by atoms with van der Waals surface area (Å²) in [7, 11) is 2.10. The summed E-state index contributed by atoms with van der Waals surface area (Å²) in [4.78, 5) is 2.28. The van der Waals surface area contributed by atoms with E-state index in [2.05, 4.69) is 25.8 Å². The van der Waals surface area contributed by atoms with Gasteiger partial charge in [-0.1, -0.05) is 0 Å². The molecule has 0 amide bonds. The summed E-state index contributed by atoms with van der Waals surface area (Å²) in [5.74, 6) is 0. The van der Waals surface area contributed by atoms with Crippen LogP contribution in [0.4, 0.5) is 0 Å². The van der Waals surface area contributed by atoms with Gasteiger partial charge in [0.2, 0.25) is 0 Å². The van der Waals surface area contributed by atoms with Crippen LogP contribution < -0.4 is 0 Å². The highest BCUT2D eigenvalue weighted by molar-refractivity contribution is 4.84. The number of nitrogens with zero attached hydrogens (tertiary/aromatic N) is 1. The lowest BCUT2D eigenvalue weighted by Crippen LogP contribution is -2.41. The SMILES string of the molecule is CC(C)N(C)[C@H]1CCC[C@H]1O. The molecule has 0 heterocycles. The average Bonchev–Trinajstić information content (AvgIpc) is 2.33. The standard InChI is InChI=1S/C9H19NO/c1-7(2)10(3)8-5-4-6-9(8)11/h7-9,11H,4-6H2,1-3H3/t8-,9+/m0/s1. The molecule has 2 nitrogen and oxygen atoms in total. The Kier molecular flexibility index (Phi) is 2.90. The van der Waals surface area contributed by atoms with Crippen LogP contribution >= 0.6 is 0 Å². The van der Waals surface area contributed by atoms with E-state index in [0.29, 0.717) is 12.1 Å². The van der Waals surface area contributed by atoms with Gasteiger partial charge >= 0.3 is 0 Å². The van der Waals surface area contributed by atoms with Gasteiger partial charge in [-0.05, 0) is 40.2 Å². The number of hydrogen-bond acceptors (Lipinski definition) is 2. The first kappa shape index (κ1) is 9.01. The van der Waals surface area contributed by atoms with Crippen molar-refractivity contribution >= 4 is 0 Å². The molecule has 0 aromatic heterocycles. The molecule has 0 bridgehead atoms. The molecular weight excluding hydrogens is 138 g/mol. The van der Waals surface area contributed by atoms with Gasteiger partial charge in [0.15, 0.2) is 0 Å². The monoisotopic (exact) mass is 157 g/mol.